The molecule has 0 saturated heterocycles. The summed E-state index contributed by atoms with van der Waals surface area (Å²) in [5.74, 6) is 0.0385. The van der Waals surface area contributed by atoms with Crippen LogP contribution in [-0.4, -0.2) is 10.8 Å². The number of hydrogen-bond donors (Lipinski definition) is 0. The summed E-state index contributed by atoms with van der Waals surface area (Å²) < 4.78 is 0.709. The molecule has 2 nitrogen and oxygen atoms in total. The number of pyridine rings is 1. The Labute approximate surface area is 103 Å². The third kappa shape index (κ3) is 2.49. The highest BCUT2D eigenvalue weighted by Crippen LogP contribution is 2.22. The second-order valence-electron chi connectivity index (χ2n) is 3.47. The monoisotopic (exact) mass is 251 g/mol. The molecule has 16 heavy (non-hydrogen) atoms. The van der Waals surface area contributed by atoms with Crippen molar-refractivity contribution in [3.63, 3.8) is 0 Å². The molecule has 0 aliphatic carbocycles. The lowest BCUT2D eigenvalue weighted by atomic mass is 10.1. The molecule has 0 bridgehead atoms. The van der Waals surface area contributed by atoms with Crippen molar-refractivity contribution in [1.29, 1.82) is 0 Å². The summed E-state index contributed by atoms with van der Waals surface area (Å²) in [6.45, 7) is 1.89. The molecule has 2 aromatic heterocycles. The van der Waals surface area contributed by atoms with Crippen LogP contribution in [0.25, 0.3) is 0 Å². The van der Waals surface area contributed by atoms with Crippen LogP contribution >= 0.6 is 22.9 Å². The van der Waals surface area contributed by atoms with Crippen molar-refractivity contribution in [2.45, 2.75) is 13.3 Å². The number of carbonyl (C=O) groups is 1. The third-order valence-corrected chi connectivity index (χ3v) is 3.47. The highest BCUT2D eigenvalue weighted by molar-refractivity contribution is 7.16. The summed E-state index contributed by atoms with van der Waals surface area (Å²) in [6.07, 6.45) is 2.01. The normalized spacial score (nSPS) is 10.4. The molecule has 0 saturated carbocycles. The van der Waals surface area contributed by atoms with Crippen molar-refractivity contribution < 1.29 is 4.79 Å². The molecule has 2 heterocycles. The average molecular weight is 252 g/mol. The summed E-state index contributed by atoms with van der Waals surface area (Å²) in [6, 6.07) is 7.40. The first-order chi connectivity index (χ1) is 7.66. The minimum Gasteiger partial charge on any atom is -0.292 e. The van der Waals surface area contributed by atoms with Gasteiger partial charge < -0.3 is 0 Å². The van der Waals surface area contributed by atoms with Gasteiger partial charge in [0.15, 0.2) is 5.78 Å². The molecule has 4 heteroatoms. The van der Waals surface area contributed by atoms with Crippen LogP contribution in [0.2, 0.25) is 4.34 Å². The van der Waals surface area contributed by atoms with Crippen LogP contribution in [-0.2, 0) is 6.42 Å². The first-order valence-corrected chi connectivity index (χ1v) is 6.05. The van der Waals surface area contributed by atoms with E-state index in [9.17, 15) is 4.79 Å². The fourth-order valence-electron chi connectivity index (χ4n) is 1.47. The van der Waals surface area contributed by atoms with Crippen molar-refractivity contribution in [1.82, 2.24) is 4.98 Å². The number of thiophene rings is 1. The van der Waals surface area contributed by atoms with Crippen LogP contribution in [0.3, 0.4) is 0 Å². The number of carbonyl (C=O) groups excluding carboxylic acids is 1. The van der Waals surface area contributed by atoms with Gasteiger partial charge in [0.1, 0.15) is 5.69 Å². The van der Waals surface area contributed by atoms with Crippen molar-refractivity contribution >= 4 is 28.7 Å². The van der Waals surface area contributed by atoms with E-state index in [1.807, 2.05) is 25.1 Å². The van der Waals surface area contributed by atoms with Crippen molar-refractivity contribution in [2.75, 3.05) is 0 Å². The van der Waals surface area contributed by atoms with E-state index in [0.29, 0.717) is 16.5 Å². The number of aromatic nitrogens is 1. The Kier molecular flexibility index (Phi) is 3.36. The molecule has 0 atom stereocenters. The van der Waals surface area contributed by atoms with Crippen LogP contribution in [0.4, 0.5) is 0 Å². The van der Waals surface area contributed by atoms with Gasteiger partial charge >= 0.3 is 0 Å². The second-order valence-corrected chi connectivity index (χ2v) is 5.27. The third-order valence-electron chi connectivity index (χ3n) is 2.24. The van der Waals surface area contributed by atoms with E-state index in [0.717, 1.165) is 10.4 Å². The van der Waals surface area contributed by atoms with E-state index < -0.39 is 0 Å². The zero-order valence-corrected chi connectivity index (χ0v) is 10.3. The molecule has 0 N–H and O–H groups in total. The van der Waals surface area contributed by atoms with Gasteiger partial charge in [0.25, 0.3) is 0 Å². The zero-order valence-electron chi connectivity index (χ0n) is 8.74. The Balaban J connectivity index is 2.18. The predicted octanol–water partition coefficient (Wildman–Crippen LogP) is 3.53. The fourth-order valence-corrected chi connectivity index (χ4v) is 2.55. The molecule has 0 unspecified atom stereocenters. The predicted molar refractivity (Wildman–Crippen MR) is 66.3 cm³/mol. The highest BCUT2D eigenvalue weighted by Gasteiger charge is 2.11. The number of rotatable bonds is 3. The first kappa shape index (κ1) is 11.3. The van der Waals surface area contributed by atoms with Gasteiger partial charge in [-0.05, 0) is 30.7 Å². The Hall–Kier alpha value is -1.19. The minimum absolute atomic E-state index is 0.0385. The Morgan fingerprint density at radius 3 is 2.88 bits per heavy atom. The quantitative estimate of drug-likeness (QED) is 0.781. The SMILES string of the molecule is Cc1cccnc1C(=O)Cc1ccc(Cl)s1. The molecular formula is C12H10ClNOS. The summed E-state index contributed by atoms with van der Waals surface area (Å²) in [5, 5.41) is 0. The largest absolute Gasteiger partial charge is 0.292 e. The fraction of sp³-hybridized carbons (Fsp3) is 0.167. The van der Waals surface area contributed by atoms with Crippen LogP contribution in [0.15, 0.2) is 30.5 Å². The standard InChI is InChI=1S/C12H10ClNOS/c1-8-3-2-6-14-12(8)10(15)7-9-4-5-11(13)16-9/h2-6H,7H2,1H3. The van der Waals surface area contributed by atoms with Crippen molar-refractivity contribution in [2.24, 2.45) is 0 Å². The van der Waals surface area contributed by atoms with E-state index in [-0.39, 0.29) is 5.78 Å². The van der Waals surface area contributed by atoms with Gasteiger partial charge in [-0.1, -0.05) is 17.7 Å². The lowest BCUT2D eigenvalue weighted by molar-refractivity contribution is 0.0988. The van der Waals surface area contributed by atoms with Crippen LogP contribution in [0.5, 0.6) is 0 Å². The van der Waals surface area contributed by atoms with Gasteiger partial charge in [0, 0.05) is 17.5 Å². The van der Waals surface area contributed by atoms with Gasteiger partial charge in [-0.15, -0.1) is 11.3 Å². The van der Waals surface area contributed by atoms with Crippen molar-refractivity contribution in [3.05, 3.63) is 50.9 Å². The van der Waals surface area contributed by atoms with Gasteiger partial charge in [-0.25, -0.2) is 0 Å². The number of Topliss-reactive ketones (excluding diaryl/α,β-unsaturated/α-hetero) is 1. The maximum atomic E-state index is 11.9. The van der Waals surface area contributed by atoms with E-state index >= 15 is 0 Å². The van der Waals surface area contributed by atoms with Crippen LogP contribution in [0.1, 0.15) is 20.9 Å². The molecule has 0 aliphatic rings. The lowest BCUT2D eigenvalue weighted by Crippen LogP contribution is -2.06. The maximum Gasteiger partial charge on any atom is 0.186 e. The van der Waals surface area contributed by atoms with Gasteiger partial charge in [-0.2, -0.15) is 0 Å². The average Bonchev–Trinajstić information content (AvgIpc) is 2.64. The number of halogens is 1. The molecule has 0 radical (unpaired) electrons. The van der Waals surface area contributed by atoms with E-state index in [1.165, 1.54) is 11.3 Å². The van der Waals surface area contributed by atoms with E-state index in [2.05, 4.69) is 4.98 Å². The first-order valence-electron chi connectivity index (χ1n) is 4.86. The zero-order chi connectivity index (χ0) is 11.5. The molecule has 2 rings (SSSR count). The molecule has 0 aliphatic heterocycles. The Bertz CT molecular complexity index is 521. The van der Waals surface area contributed by atoms with E-state index in [1.54, 1.807) is 12.3 Å². The summed E-state index contributed by atoms with van der Waals surface area (Å²) in [4.78, 5) is 17.0. The van der Waals surface area contributed by atoms with E-state index in [4.69, 9.17) is 11.6 Å². The highest BCUT2D eigenvalue weighted by atomic mass is 35.5. The summed E-state index contributed by atoms with van der Waals surface area (Å²) >= 11 is 7.25. The van der Waals surface area contributed by atoms with Crippen LogP contribution in [0, 0.1) is 6.92 Å². The van der Waals surface area contributed by atoms with Crippen LogP contribution < -0.4 is 0 Å². The molecule has 0 spiro atoms. The second kappa shape index (κ2) is 4.76. The lowest BCUT2D eigenvalue weighted by Gasteiger charge is -2.01. The minimum atomic E-state index is 0.0385. The van der Waals surface area contributed by atoms with Gasteiger partial charge in [0.05, 0.1) is 4.34 Å². The molecule has 0 fully saturated rings. The van der Waals surface area contributed by atoms with Gasteiger partial charge in [-0.3, -0.25) is 9.78 Å². The molecule has 0 aromatic carbocycles. The Morgan fingerprint density at radius 1 is 1.44 bits per heavy atom. The molecule has 82 valence electrons. The summed E-state index contributed by atoms with van der Waals surface area (Å²) in [5.41, 5.74) is 1.46. The van der Waals surface area contributed by atoms with Gasteiger partial charge in [0.2, 0.25) is 0 Å². The number of aryl methyl sites for hydroxylation is 1. The number of hydrogen-bond acceptors (Lipinski definition) is 3. The molecule has 2 aromatic rings. The Morgan fingerprint density at radius 2 is 2.25 bits per heavy atom. The topological polar surface area (TPSA) is 30.0 Å². The summed E-state index contributed by atoms with van der Waals surface area (Å²) in [7, 11) is 0. The smallest absolute Gasteiger partial charge is 0.186 e. The maximum absolute atomic E-state index is 11.9. The molecule has 0 amide bonds. The number of nitrogens with zero attached hydrogens (tertiary/aromatic N) is 1. The number of ketones is 1. The molecular weight excluding hydrogens is 242 g/mol. The van der Waals surface area contributed by atoms with Crippen molar-refractivity contribution in [3.8, 4) is 0 Å².